The van der Waals surface area contributed by atoms with Gasteiger partial charge in [0.1, 0.15) is 0 Å². The third-order valence-electron chi connectivity index (χ3n) is 6.02. The zero-order chi connectivity index (χ0) is 20.8. The van der Waals surface area contributed by atoms with Gasteiger partial charge in [0.15, 0.2) is 0 Å². The van der Waals surface area contributed by atoms with Gasteiger partial charge in [-0.1, -0.05) is 0 Å². The first kappa shape index (κ1) is 20.7. The Hall–Kier alpha value is -2.00. The molecule has 0 unspecified atom stereocenters. The molecule has 1 aliphatic heterocycles. The maximum Gasteiger partial charge on any atom is 0.427 e. The number of rotatable bonds is 2. The van der Waals surface area contributed by atoms with Crippen LogP contribution in [-0.2, 0) is 14.3 Å². The molecule has 3 rings (SSSR count). The highest BCUT2D eigenvalue weighted by Crippen LogP contribution is 2.50. The van der Waals surface area contributed by atoms with Gasteiger partial charge in [-0.05, 0) is 40.5 Å². The predicted octanol–water partition coefficient (Wildman–Crippen LogP) is 0.640. The largest absolute Gasteiger partial charge is 0.449 e. The Morgan fingerprint density at radius 1 is 1.21 bits per heavy atom. The summed E-state index contributed by atoms with van der Waals surface area (Å²) in [5.74, 6) is -2.61. The molecule has 0 aromatic heterocycles. The third-order valence-corrected chi connectivity index (χ3v) is 6.02. The van der Waals surface area contributed by atoms with Gasteiger partial charge in [-0.2, -0.15) is 5.10 Å². The number of nitrogens with one attached hydrogen (secondary N) is 1. The monoisotopic (exact) mass is 395 g/mol. The lowest BCUT2D eigenvalue weighted by molar-refractivity contribution is -0.146. The number of fused-ring (bicyclic) bond motifs is 3. The number of nitrogens with zero attached hydrogens (tertiary/aromatic N) is 2. The van der Waals surface area contributed by atoms with Crippen LogP contribution in [0.15, 0.2) is 5.10 Å². The minimum absolute atomic E-state index is 0.0945. The molecule has 0 aromatic rings. The van der Waals surface area contributed by atoms with Crippen molar-refractivity contribution in [3.8, 4) is 0 Å². The summed E-state index contributed by atoms with van der Waals surface area (Å²) in [5, 5.41) is 25.2. The summed E-state index contributed by atoms with van der Waals surface area (Å²) >= 11 is 0. The van der Waals surface area contributed by atoms with Crippen LogP contribution in [0, 0.1) is 23.7 Å². The molecule has 3 amide bonds. The summed E-state index contributed by atoms with van der Waals surface area (Å²) in [6.45, 7) is 7.29. The highest BCUT2D eigenvalue weighted by atomic mass is 16.5. The molecule has 28 heavy (non-hydrogen) atoms. The van der Waals surface area contributed by atoms with Crippen LogP contribution < -0.4 is 5.43 Å². The quantitative estimate of drug-likeness (QED) is 0.465. The maximum absolute atomic E-state index is 13.1. The fraction of sp³-hybridized carbons (Fsp3) is 0.789. The van der Waals surface area contributed by atoms with Crippen molar-refractivity contribution in [2.45, 2.75) is 64.7 Å². The number of hydrogen-bond donors (Lipinski definition) is 3. The van der Waals surface area contributed by atoms with Crippen molar-refractivity contribution in [2.75, 3.05) is 6.61 Å². The number of hydrazone groups is 1. The molecule has 3 N–H and O–H groups in total. The van der Waals surface area contributed by atoms with E-state index in [9.17, 15) is 24.6 Å². The second-order valence-electron chi connectivity index (χ2n) is 8.77. The van der Waals surface area contributed by atoms with E-state index in [0.717, 1.165) is 0 Å². The van der Waals surface area contributed by atoms with Crippen molar-refractivity contribution in [3.63, 3.8) is 0 Å². The average Bonchev–Trinajstić information content (AvgIpc) is 2.87. The standard InChI is InChI=1S/C19H29N3O6/c1-5-28-18(27)21-20-11-8-12(23)15(24)13-9(11)6-7-10-14(13)17(26)22(16(10)25)19(2,3)4/h9-10,12-15,23-24H,5-8H2,1-4H3,(H,21,27)/b20-11+/t9-,10+,12+,13-,14+,15+/m0/s1. The van der Waals surface area contributed by atoms with Gasteiger partial charge in [0.2, 0.25) is 11.8 Å². The van der Waals surface area contributed by atoms with Crippen molar-refractivity contribution in [1.29, 1.82) is 0 Å². The van der Waals surface area contributed by atoms with Gasteiger partial charge >= 0.3 is 6.09 Å². The minimum atomic E-state index is -1.13. The maximum atomic E-state index is 13.1. The second kappa shape index (κ2) is 7.44. The smallest absolute Gasteiger partial charge is 0.427 e. The van der Waals surface area contributed by atoms with E-state index in [1.165, 1.54) is 4.90 Å². The molecule has 9 nitrogen and oxygen atoms in total. The fourth-order valence-electron chi connectivity index (χ4n) is 4.94. The first-order valence-corrected chi connectivity index (χ1v) is 9.81. The van der Waals surface area contributed by atoms with Crippen LogP contribution in [0.5, 0.6) is 0 Å². The number of amides is 3. The number of carbonyl (C=O) groups is 3. The Labute approximate surface area is 164 Å². The molecule has 2 aliphatic carbocycles. The molecular formula is C19H29N3O6. The first-order valence-electron chi connectivity index (χ1n) is 9.81. The SMILES string of the molecule is CCOC(=O)N/N=C1\C[C@@H](O)[C@@H](O)[C@@H]2[C@@H]3C(=O)N(C(C)(C)C)C(=O)[C@@H]3CC[C@@H]12. The van der Waals surface area contributed by atoms with Crippen LogP contribution in [0.25, 0.3) is 0 Å². The van der Waals surface area contributed by atoms with Crippen molar-refractivity contribution >= 4 is 23.6 Å². The summed E-state index contributed by atoms with van der Waals surface area (Å²) in [6.07, 6.45) is -1.80. The number of aliphatic hydroxyl groups excluding tert-OH is 2. The lowest BCUT2D eigenvalue weighted by Crippen LogP contribution is -2.55. The Kier molecular flexibility index (Phi) is 5.51. The zero-order valence-corrected chi connectivity index (χ0v) is 16.7. The topological polar surface area (TPSA) is 129 Å². The zero-order valence-electron chi connectivity index (χ0n) is 16.7. The Balaban J connectivity index is 1.91. The highest BCUT2D eigenvalue weighted by molar-refractivity contribution is 6.06. The number of hydrogen-bond acceptors (Lipinski definition) is 7. The van der Waals surface area contributed by atoms with E-state index in [4.69, 9.17) is 4.74 Å². The Morgan fingerprint density at radius 2 is 1.86 bits per heavy atom. The number of ether oxygens (including phenoxy) is 1. The number of imide groups is 1. The third kappa shape index (κ3) is 3.41. The van der Waals surface area contributed by atoms with Crippen LogP contribution in [0.4, 0.5) is 4.79 Å². The van der Waals surface area contributed by atoms with Crippen molar-refractivity contribution in [3.05, 3.63) is 0 Å². The number of likely N-dealkylation sites (tertiary alicyclic amines) is 1. The molecule has 0 radical (unpaired) electrons. The molecule has 156 valence electrons. The second-order valence-corrected chi connectivity index (χ2v) is 8.77. The van der Waals surface area contributed by atoms with Gasteiger partial charge in [-0.3, -0.25) is 14.5 Å². The van der Waals surface area contributed by atoms with Gasteiger partial charge in [-0.25, -0.2) is 10.2 Å². The van der Waals surface area contributed by atoms with Crippen molar-refractivity contribution in [2.24, 2.45) is 28.8 Å². The average molecular weight is 395 g/mol. The van der Waals surface area contributed by atoms with E-state index in [1.54, 1.807) is 27.7 Å². The predicted molar refractivity (Wildman–Crippen MR) is 99.0 cm³/mol. The normalized spacial score (nSPS) is 36.9. The van der Waals surface area contributed by atoms with Gasteiger partial charge < -0.3 is 14.9 Å². The van der Waals surface area contributed by atoms with Crippen LogP contribution in [0.2, 0.25) is 0 Å². The van der Waals surface area contributed by atoms with Gasteiger partial charge in [-0.15, -0.1) is 0 Å². The van der Waals surface area contributed by atoms with Crippen molar-refractivity contribution < 1.29 is 29.3 Å². The van der Waals surface area contributed by atoms with E-state index in [1.807, 2.05) is 0 Å². The van der Waals surface area contributed by atoms with Gasteiger partial charge in [0.25, 0.3) is 0 Å². The first-order chi connectivity index (χ1) is 13.1. The van der Waals surface area contributed by atoms with Crippen LogP contribution >= 0.6 is 0 Å². The summed E-state index contributed by atoms with van der Waals surface area (Å²) in [5.41, 5.74) is 2.17. The lowest BCUT2D eigenvalue weighted by atomic mass is 9.60. The van der Waals surface area contributed by atoms with E-state index in [-0.39, 0.29) is 30.8 Å². The van der Waals surface area contributed by atoms with E-state index >= 15 is 0 Å². The van der Waals surface area contributed by atoms with Crippen LogP contribution in [0.1, 0.15) is 47.0 Å². The summed E-state index contributed by atoms with van der Waals surface area (Å²) < 4.78 is 4.79. The Morgan fingerprint density at radius 3 is 2.46 bits per heavy atom. The lowest BCUT2D eigenvalue weighted by Gasteiger charge is -2.45. The number of carbonyl (C=O) groups excluding carboxylic acids is 3. The van der Waals surface area contributed by atoms with Crippen molar-refractivity contribution in [1.82, 2.24) is 10.3 Å². The molecule has 9 heteroatoms. The molecule has 2 saturated carbocycles. The van der Waals surface area contributed by atoms with Gasteiger partial charge in [0, 0.05) is 29.5 Å². The molecule has 3 aliphatic rings. The van der Waals surface area contributed by atoms with E-state index in [2.05, 4.69) is 10.5 Å². The summed E-state index contributed by atoms with van der Waals surface area (Å²) in [7, 11) is 0. The molecule has 1 heterocycles. The fourth-order valence-corrected chi connectivity index (χ4v) is 4.94. The highest BCUT2D eigenvalue weighted by Gasteiger charge is 2.61. The van der Waals surface area contributed by atoms with Crippen LogP contribution in [-0.4, -0.2) is 63.1 Å². The molecule has 6 atom stereocenters. The van der Waals surface area contributed by atoms with E-state index in [0.29, 0.717) is 18.6 Å². The molecule has 3 fully saturated rings. The molecular weight excluding hydrogens is 366 g/mol. The molecule has 0 bridgehead atoms. The molecule has 0 spiro atoms. The van der Waals surface area contributed by atoms with E-state index < -0.39 is 41.6 Å². The number of aliphatic hydroxyl groups is 2. The summed E-state index contributed by atoms with van der Waals surface area (Å²) in [6, 6.07) is 0. The molecule has 1 saturated heterocycles. The molecule has 0 aromatic carbocycles. The minimum Gasteiger partial charge on any atom is -0.449 e. The van der Waals surface area contributed by atoms with Crippen LogP contribution in [0.3, 0.4) is 0 Å². The van der Waals surface area contributed by atoms with Gasteiger partial charge in [0.05, 0.1) is 30.7 Å². The Bertz CT molecular complexity index is 700. The summed E-state index contributed by atoms with van der Waals surface area (Å²) in [4.78, 5) is 38.9.